The lowest BCUT2D eigenvalue weighted by Gasteiger charge is -2.32. The summed E-state index contributed by atoms with van der Waals surface area (Å²) in [5.41, 5.74) is 1.32. The van der Waals surface area contributed by atoms with E-state index in [0.29, 0.717) is 21.9 Å². The number of alkyl halides is 3. The fourth-order valence-electron chi connectivity index (χ4n) is 3.56. The lowest BCUT2D eigenvalue weighted by molar-refractivity contribution is -0.165. The van der Waals surface area contributed by atoms with E-state index in [0.717, 1.165) is 5.56 Å². The van der Waals surface area contributed by atoms with Crippen molar-refractivity contribution in [3.05, 3.63) is 63.9 Å². The van der Waals surface area contributed by atoms with Crippen LogP contribution in [-0.4, -0.2) is 19.5 Å². The molecule has 0 aromatic heterocycles. The van der Waals surface area contributed by atoms with Gasteiger partial charge in [0.25, 0.3) is 0 Å². The van der Waals surface area contributed by atoms with Crippen LogP contribution in [0.1, 0.15) is 37.0 Å². The molecule has 0 spiro atoms. The molecule has 1 N–H and O–H groups in total. The van der Waals surface area contributed by atoms with Crippen LogP contribution in [0.15, 0.2) is 36.4 Å². The molecule has 0 fully saturated rings. The predicted octanol–water partition coefficient (Wildman–Crippen LogP) is 6.18. The van der Waals surface area contributed by atoms with Crippen LogP contribution in [0.5, 0.6) is 5.75 Å². The van der Waals surface area contributed by atoms with E-state index in [1.807, 2.05) is 13.0 Å². The van der Waals surface area contributed by atoms with Gasteiger partial charge >= 0.3 is 6.30 Å². The van der Waals surface area contributed by atoms with Crippen LogP contribution in [0.2, 0.25) is 5.02 Å². The maximum atomic E-state index is 13.8. The molecule has 7 heteroatoms. The first kappa shape index (κ1) is 22.5. The third-order valence-electron chi connectivity index (χ3n) is 4.60. The van der Waals surface area contributed by atoms with Gasteiger partial charge in [0.2, 0.25) is 0 Å². The van der Waals surface area contributed by atoms with Crippen molar-refractivity contribution in [3.63, 3.8) is 0 Å². The number of methoxy groups -OCH3 is 1. The third-order valence-corrected chi connectivity index (χ3v) is 4.82. The Kier molecular flexibility index (Phi) is 6.99. The molecule has 1 atom stereocenters. The van der Waals surface area contributed by atoms with Gasteiger partial charge in [-0.3, -0.25) is 0 Å². The van der Waals surface area contributed by atoms with E-state index < -0.39 is 23.6 Å². The quantitative estimate of drug-likeness (QED) is 0.428. The van der Waals surface area contributed by atoms with Gasteiger partial charge in [0, 0.05) is 16.6 Å². The zero-order valence-corrected chi connectivity index (χ0v) is 17.0. The molecule has 0 aliphatic heterocycles. The largest absolute Gasteiger partial charge is 0.496 e. The second-order valence-electron chi connectivity index (χ2n) is 7.61. The van der Waals surface area contributed by atoms with Crippen LogP contribution in [0, 0.1) is 12.7 Å². The topological polar surface area (TPSA) is 21.3 Å². The van der Waals surface area contributed by atoms with E-state index in [1.54, 1.807) is 31.3 Å². The Morgan fingerprint density at radius 2 is 1.79 bits per heavy atom. The molecule has 28 heavy (non-hydrogen) atoms. The van der Waals surface area contributed by atoms with Gasteiger partial charge < -0.3 is 4.74 Å². The van der Waals surface area contributed by atoms with Gasteiger partial charge in [0.1, 0.15) is 11.6 Å². The molecule has 0 aliphatic rings. The van der Waals surface area contributed by atoms with Crippen molar-refractivity contribution in [2.24, 2.45) is 0 Å². The highest BCUT2D eigenvalue weighted by Gasteiger charge is 2.35. The molecule has 0 aliphatic carbocycles. The van der Waals surface area contributed by atoms with Crippen LogP contribution < -0.4 is 10.1 Å². The Balaban J connectivity index is 2.34. The van der Waals surface area contributed by atoms with Gasteiger partial charge in [-0.2, -0.15) is 13.2 Å². The van der Waals surface area contributed by atoms with Crippen molar-refractivity contribution < 1.29 is 22.3 Å². The van der Waals surface area contributed by atoms with E-state index in [2.05, 4.69) is 0 Å². The lowest BCUT2D eigenvalue weighted by Crippen LogP contribution is -2.45. The molecule has 0 heterocycles. The van der Waals surface area contributed by atoms with E-state index in [4.69, 9.17) is 16.3 Å². The number of ether oxygens (including phenoxy) is 1. The van der Waals surface area contributed by atoms with Crippen molar-refractivity contribution in [2.75, 3.05) is 7.11 Å². The summed E-state index contributed by atoms with van der Waals surface area (Å²) in [4.78, 5) is 0. The SMILES string of the molecule is COc1ccc(F)cc1C(C)(C)CC(Cc1cc(C)cc(Cl)c1)NC(F)(F)F. The monoisotopic (exact) mass is 417 g/mol. The Morgan fingerprint density at radius 3 is 2.36 bits per heavy atom. The maximum Gasteiger partial charge on any atom is 0.457 e. The molecule has 0 saturated heterocycles. The highest BCUT2D eigenvalue weighted by molar-refractivity contribution is 6.30. The number of hydrogen-bond donors (Lipinski definition) is 1. The fraction of sp³-hybridized carbons (Fsp3) is 0.429. The summed E-state index contributed by atoms with van der Waals surface area (Å²) < 4.78 is 58.5. The summed E-state index contributed by atoms with van der Waals surface area (Å²) in [5.74, 6) is -0.0227. The first-order valence-corrected chi connectivity index (χ1v) is 9.22. The van der Waals surface area contributed by atoms with Crippen LogP contribution >= 0.6 is 11.6 Å². The second kappa shape index (κ2) is 8.70. The van der Waals surface area contributed by atoms with Gasteiger partial charge in [-0.15, -0.1) is 0 Å². The van der Waals surface area contributed by atoms with E-state index >= 15 is 0 Å². The number of benzene rings is 2. The van der Waals surface area contributed by atoms with Crippen molar-refractivity contribution in [3.8, 4) is 5.75 Å². The van der Waals surface area contributed by atoms with Crippen LogP contribution in [0.3, 0.4) is 0 Å². The standard InChI is InChI=1S/C21H24ClF4NO/c1-13-7-14(9-15(22)8-13)10-17(27-21(24,25)26)12-20(2,3)18-11-16(23)5-6-19(18)28-4/h5-9,11,17,27H,10,12H2,1-4H3. The number of rotatable bonds is 7. The summed E-state index contributed by atoms with van der Waals surface area (Å²) in [5, 5.41) is 2.22. The lowest BCUT2D eigenvalue weighted by atomic mass is 9.77. The number of hydrogen-bond acceptors (Lipinski definition) is 2. The molecular formula is C21H24ClF4NO. The number of halogens is 5. The summed E-state index contributed by atoms with van der Waals surface area (Å²) in [6, 6.07) is 8.35. The molecule has 0 saturated carbocycles. The molecule has 0 radical (unpaired) electrons. The molecule has 154 valence electrons. The van der Waals surface area contributed by atoms with Gasteiger partial charge in [-0.05, 0) is 66.6 Å². The molecule has 1 unspecified atom stereocenters. The Labute approximate surface area is 167 Å². The predicted molar refractivity (Wildman–Crippen MR) is 103 cm³/mol. The van der Waals surface area contributed by atoms with Gasteiger partial charge in [-0.1, -0.05) is 31.5 Å². The Hall–Kier alpha value is -1.79. The van der Waals surface area contributed by atoms with Crippen molar-refractivity contribution >= 4 is 11.6 Å². The van der Waals surface area contributed by atoms with Gasteiger partial charge in [0.15, 0.2) is 0 Å². The molecule has 0 bridgehead atoms. The zero-order chi connectivity index (χ0) is 21.1. The fourth-order valence-corrected chi connectivity index (χ4v) is 3.87. The first-order valence-electron chi connectivity index (χ1n) is 8.84. The minimum atomic E-state index is -4.54. The number of aryl methyl sites for hydroxylation is 1. The molecule has 0 amide bonds. The molecule has 2 aromatic rings. The Morgan fingerprint density at radius 1 is 1.11 bits per heavy atom. The highest BCUT2D eigenvalue weighted by Crippen LogP contribution is 2.37. The number of nitrogens with one attached hydrogen (secondary N) is 1. The maximum absolute atomic E-state index is 13.8. The average Bonchev–Trinajstić information content (AvgIpc) is 2.51. The minimum absolute atomic E-state index is 0.109. The summed E-state index contributed by atoms with van der Waals surface area (Å²) in [6.07, 6.45) is -4.31. The molecule has 2 nitrogen and oxygen atoms in total. The van der Waals surface area contributed by atoms with Crippen molar-refractivity contribution in [1.29, 1.82) is 0 Å². The van der Waals surface area contributed by atoms with E-state index in [-0.39, 0.29) is 12.8 Å². The average molecular weight is 418 g/mol. The highest BCUT2D eigenvalue weighted by atomic mass is 35.5. The normalized spacial score (nSPS) is 13.5. The zero-order valence-electron chi connectivity index (χ0n) is 16.3. The van der Waals surface area contributed by atoms with E-state index in [9.17, 15) is 17.6 Å². The van der Waals surface area contributed by atoms with Crippen molar-refractivity contribution in [2.45, 2.75) is 51.4 Å². The third kappa shape index (κ3) is 6.38. The van der Waals surface area contributed by atoms with E-state index in [1.165, 1.54) is 25.3 Å². The Bertz CT molecular complexity index is 800. The molecule has 2 aromatic carbocycles. The second-order valence-corrected chi connectivity index (χ2v) is 8.05. The van der Waals surface area contributed by atoms with Crippen LogP contribution in [0.25, 0.3) is 0 Å². The minimum Gasteiger partial charge on any atom is -0.496 e. The summed E-state index contributed by atoms with van der Waals surface area (Å²) in [7, 11) is 1.45. The first-order chi connectivity index (χ1) is 12.9. The molecular weight excluding hydrogens is 394 g/mol. The summed E-state index contributed by atoms with van der Waals surface area (Å²) >= 11 is 6.05. The summed E-state index contributed by atoms with van der Waals surface area (Å²) in [6.45, 7) is 5.39. The van der Waals surface area contributed by atoms with Crippen LogP contribution in [-0.2, 0) is 11.8 Å². The van der Waals surface area contributed by atoms with Crippen molar-refractivity contribution in [1.82, 2.24) is 5.32 Å². The van der Waals surface area contributed by atoms with Gasteiger partial charge in [-0.25, -0.2) is 9.71 Å². The van der Waals surface area contributed by atoms with Gasteiger partial charge in [0.05, 0.1) is 7.11 Å². The molecule has 2 rings (SSSR count). The van der Waals surface area contributed by atoms with Crippen LogP contribution in [0.4, 0.5) is 17.6 Å². The smallest absolute Gasteiger partial charge is 0.457 e.